The lowest BCUT2D eigenvalue weighted by molar-refractivity contribution is -0.137. The van der Waals surface area contributed by atoms with E-state index in [0.29, 0.717) is 16.5 Å². The zero-order valence-corrected chi connectivity index (χ0v) is 20.3. The first-order valence-electron chi connectivity index (χ1n) is 11.7. The summed E-state index contributed by atoms with van der Waals surface area (Å²) in [6.07, 6.45) is -4.69. The van der Waals surface area contributed by atoms with Crippen molar-refractivity contribution in [3.05, 3.63) is 113 Å². The summed E-state index contributed by atoms with van der Waals surface area (Å²) in [5.41, 5.74) is 1.98. The summed E-state index contributed by atoms with van der Waals surface area (Å²) in [6, 6.07) is 20.4. The molecule has 40 heavy (non-hydrogen) atoms. The number of halogens is 3. The van der Waals surface area contributed by atoms with Gasteiger partial charge in [0.25, 0.3) is 11.8 Å². The van der Waals surface area contributed by atoms with Gasteiger partial charge in [-0.2, -0.15) is 18.3 Å². The Kier molecular flexibility index (Phi) is 6.56. The van der Waals surface area contributed by atoms with Crippen molar-refractivity contribution < 1.29 is 37.8 Å². The molecule has 1 aliphatic heterocycles. The predicted molar refractivity (Wildman–Crippen MR) is 140 cm³/mol. The Morgan fingerprint density at radius 3 is 2.20 bits per heavy atom. The van der Waals surface area contributed by atoms with Crippen molar-refractivity contribution in [1.82, 2.24) is 0 Å². The van der Waals surface area contributed by atoms with Crippen molar-refractivity contribution in [1.29, 1.82) is 0 Å². The number of hydrazone groups is 1. The van der Waals surface area contributed by atoms with E-state index in [1.165, 1.54) is 42.5 Å². The average molecular weight is 545 g/mol. The van der Waals surface area contributed by atoms with Gasteiger partial charge in [-0.05, 0) is 48.0 Å². The second-order valence-corrected chi connectivity index (χ2v) is 8.70. The fourth-order valence-corrected chi connectivity index (χ4v) is 4.28. The van der Waals surface area contributed by atoms with E-state index >= 15 is 0 Å². The molecule has 4 aromatic rings. The maximum atomic E-state index is 13.5. The molecule has 0 bridgehead atoms. The van der Waals surface area contributed by atoms with Crippen LogP contribution in [0.15, 0.2) is 96.1 Å². The number of amides is 2. The number of benzene rings is 4. The lowest BCUT2D eigenvalue weighted by Gasteiger charge is -2.28. The zero-order chi connectivity index (χ0) is 28.6. The Hall–Kier alpha value is -5.45. The molecule has 5 rings (SSSR count). The second-order valence-electron chi connectivity index (χ2n) is 8.70. The van der Waals surface area contributed by atoms with E-state index in [1.54, 1.807) is 30.3 Å². The standard InChI is InChI=1S/C29H18F3N3O5/c30-29(31,32)18-8-4-9-19(15-18)35-26(37)22-11-2-1-10-21(22)24(27(35)38)34-33-23-13-5-12-20(25(23)36)16-6-3-7-17(14-16)28(39)40/h1-15,33,36H,(H,39,40)/b34-24-. The number of anilines is 2. The van der Waals surface area contributed by atoms with Crippen LogP contribution in [-0.2, 0) is 11.0 Å². The highest BCUT2D eigenvalue weighted by molar-refractivity contribution is 6.57. The van der Waals surface area contributed by atoms with Crippen LogP contribution in [0.25, 0.3) is 11.1 Å². The van der Waals surface area contributed by atoms with E-state index in [0.717, 1.165) is 12.1 Å². The van der Waals surface area contributed by atoms with E-state index in [2.05, 4.69) is 10.5 Å². The van der Waals surface area contributed by atoms with Crippen molar-refractivity contribution >= 4 is 34.9 Å². The molecular formula is C29H18F3N3O5. The molecule has 2 amide bonds. The summed E-state index contributed by atoms with van der Waals surface area (Å²) in [5, 5.41) is 24.3. The molecule has 0 radical (unpaired) electrons. The molecule has 8 nitrogen and oxygen atoms in total. The number of aromatic carboxylic acids is 1. The van der Waals surface area contributed by atoms with E-state index in [1.807, 2.05) is 0 Å². The van der Waals surface area contributed by atoms with E-state index < -0.39 is 29.5 Å². The van der Waals surface area contributed by atoms with Gasteiger partial charge in [0.2, 0.25) is 0 Å². The van der Waals surface area contributed by atoms with Gasteiger partial charge in [0.05, 0.1) is 28.1 Å². The number of imide groups is 1. The monoisotopic (exact) mass is 545 g/mol. The molecule has 200 valence electrons. The predicted octanol–water partition coefficient (Wildman–Crippen LogP) is 5.78. The Labute approximate surface area is 224 Å². The Bertz CT molecular complexity index is 1720. The first kappa shape index (κ1) is 26.2. The SMILES string of the molecule is O=C(O)c1cccc(-c2cccc(N/N=C3\C(=O)N(c4cccc(C(F)(F)F)c4)C(=O)c4ccccc43)c2O)c1. The molecular weight excluding hydrogens is 527 g/mol. The third kappa shape index (κ3) is 4.75. The number of carbonyl (C=O) groups excluding carboxylic acids is 2. The van der Waals surface area contributed by atoms with Crippen LogP contribution in [0.1, 0.15) is 31.8 Å². The molecule has 4 aromatic carbocycles. The van der Waals surface area contributed by atoms with Gasteiger partial charge in [0.15, 0.2) is 5.71 Å². The fraction of sp³-hybridized carbons (Fsp3) is 0.0345. The highest BCUT2D eigenvalue weighted by atomic mass is 19.4. The van der Waals surface area contributed by atoms with Crippen LogP contribution in [0, 0.1) is 0 Å². The molecule has 0 spiro atoms. The third-order valence-electron chi connectivity index (χ3n) is 6.20. The van der Waals surface area contributed by atoms with Crippen molar-refractivity contribution in [3.8, 4) is 16.9 Å². The van der Waals surface area contributed by atoms with Crippen LogP contribution in [0.3, 0.4) is 0 Å². The summed E-state index contributed by atoms with van der Waals surface area (Å²) in [4.78, 5) is 38.7. The molecule has 0 unspecified atom stereocenters. The molecule has 0 saturated heterocycles. The maximum Gasteiger partial charge on any atom is 0.416 e. The number of carbonyl (C=O) groups is 3. The number of phenolic OH excluding ortho intramolecular Hbond substituents is 1. The van der Waals surface area contributed by atoms with Gasteiger partial charge in [0, 0.05) is 11.1 Å². The molecule has 0 aliphatic carbocycles. The minimum absolute atomic E-state index is 0.0132. The molecule has 0 saturated carbocycles. The maximum absolute atomic E-state index is 13.5. The summed E-state index contributed by atoms with van der Waals surface area (Å²) in [6.45, 7) is 0. The first-order chi connectivity index (χ1) is 19.1. The normalized spacial score (nSPS) is 14.3. The quantitative estimate of drug-likeness (QED) is 0.166. The smallest absolute Gasteiger partial charge is 0.416 e. The zero-order valence-electron chi connectivity index (χ0n) is 20.3. The fourth-order valence-electron chi connectivity index (χ4n) is 4.28. The Morgan fingerprint density at radius 2 is 1.48 bits per heavy atom. The Morgan fingerprint density at radius 1 is 0.800 bits per heavy atom. The van der Waals surface area contributed by atoms with Crippen LogP contribution in [0.2, 0.25) is 0 Å². The number of alkyl halides is 3. The lowest BCUT2D eigenvalue weighted by Crippen LogP contribution is -2.47. The number of para-hydroxylation sites is 1. The van der Waals surface area contributed by atoms with Crippen LogP contribution in [-0.4, -0.2) is 33.7 Å². The molecule has 0 fully saturated rings. The molecule has 1 heterocycles. The molecule has 3 N–H and O–H groups in total. The number of hydrogen-bond acceptors (Lipinski definition) is 6. The number of phenols is 1. The van der Waals surface area contributed by atoms with Crippen LogP contribution in [0.4, 0.5) is 24.5 Å². The summed E-state index contributed by atoms with van der Waals surface area (Å²) < 4.78 is 40.0. The number of hydrogen-bond donors (Lipinski definition) is 3. The molecule has 0 aromatic heterocycles. The van der Waals surface area contributed by atoms with E-state index in [9.17, 15) is 37.8 Å². The minimum atomic E-state index is -4.69. The number of nitrogens with one attached hydrogen (secondary N) is 1. The van der Waals surface area contributed by atoms with Crippen molar-refractivity contribution in [3.63, 3.8) is 0 Å². The van der Waals surface area contributed by atoms with Crippen LogP contribution < -0.4 is 10.3 Å². The summed E-state index contributed by atoms with van der Waals surface area (Å²) in [7, 11) is 0. The topological polar surface area (TPSA) is 119 Å². The molecule has 0 atom stereocenters. The largest absolute Gasteiger partial charge is 0.505 e. The van der Waals surface area contributed by atoms with Crippen LogP contribution >= 0.6 is 0 Å². The van der Waals surface area contributed by atoms with Gasteiger partial charge in [0.1, 0.15) is 5.75 Å². The second kappa shape index (κ2) is 10.0. The van der Waals surface area contributed by atoms with Gasteiger partial charge in [-0.1, -0.05) is 48.5 Å². The van der Waals surface area contributed by atoms with Gasteiger partial charge < -0.3 is 10.2 Å². The molecule has 11 heteroatoms. The number of aromatic hydroxyl groups is 1. The highest BCUT2D eigenvalue weighted by Gasteiger charge is 2.39. The number of carboxylic acid groups (broad SMARTS) is 1. The number of nitrogens with zero attached hydrogens (tertiary/aromatic N) is 2. The van der Waals surface area contributed by atoms with E-state index in [-0.39, 0.29) is 45.1 Å². The van der Waals surface area contributed by atoms with Gasteiger partial charge in [-0.25, -0.2) is 9.69 Å². The first-order valence-corrected chi connectivity index (χ1v) is 11.7. The summed E-state index contributed by atoms with van der Waals surface area (Å²) in [5.74, 6) is -3.23. The highest BCUT2D eigenvalue weighted by Crippen LogP contribution is 2.37. The van der Waals surface area contributed by atoms with Crippen LogP contribution in [0.5, 0.6) is 5.75 Å². The third-order valence-corrected chi connectivity index (χ3v) is 6.20. The number of rotatable bonds is 5. The van der Waals surface area contributed by atoms with Crippen molar-refractivity contribution in [2.75, 3.05) is 10.3 Å². The van der Waals surface area contributed by atoms with Gasteiger partial charge in [-0.3, -0.25) is 15.0 Å². The molecule has 1 aliphatic rings. The van der Waals surface area contributed by atoms with Gasteiger partial charge in [-0.15, -0.1) is 0 Å². The summed E-state index contributed by atoms with van der Waals surface area (Å²) >= 11 is 0. The van der Waals surface area contributed by atoms with Crippen molar-refractivity contribution in [2.45, 2.75) is 6.18 Å². The average Bonchev–Trinajstić information content (AvgIpc) is 2.93. The lowest BCUT2D eigenvalue weighted by atomic mass is 9.96. The minimum Gasteiger partial charge on any atom is -0.505 e. The number of carboxylic acids is 1. The van der Waals surface area contributed by atoms with Gasteiger partial charge >= 0.3 is 12.1 Å². The van der Waals surface area contributed by atoms with Crippen molar-refractivity contribution in [2.24, 2.45) is 5.10 Å². The number of fused-ring (bicyclic) bond motifs is 1. The van der Waals surface area contributed by atoms with E-state index in [4.69, 9.17) is 0 Å². The Balaban J connectivity index is 1.55.